The lowest BCUT2D eigenvalue weighted by Gasteiger charge is -2.36. The fraction of sp³-hybridized carbons (Fsp3) is 0.462. The molecule has 0 spiro atoms. The lowest BCUT2D eigenvalue weighted by molar-refractivity contribution is -0.0665. The number of rotatable bonds is 4. The average molecular weight is 315 g/mol. The molecule has 2 rings (SSSR count). The van der Waals surface area contributed by atoms with E-state index in [1.807, 2.05) is 0 Å². The molecule has 1 N–H and O–H groups in total. The van der Waals surface area contributed by atoms with Gasteiger partial charge in [0.15, 0.2) is 0 Å². The first kappa shape index (κ1) is 13.4. The van der Waals surface area contributed by atoms with E-state index >= 15 is 0 Å². The smallest absolute Gasteiger partial charge is 0.337 e. The van der Waals surface area contributed by atoms with E-state index in [0.29, 0.717) is 15.8 Å². The number of halogens is 1. The molecule has 0 atom stereocenters. The molecule has 0 amide bonds. The fourth-order valence-electron chi connectivity index (χ4n) is 1.80. The molecule has 1 aliphatic rings. The van der Waals surface area contributed by atoms with Crippen LogP contribution >= 0.6 is 15.9 Å². The van der Waals surface area contributed by atoms with Crippen LogP contribution in [0.3, 0.4) is 0 Å². The van der Waals surface area contributed by atoms with Crippen LogP contribution < -0.4 is 4.74 Å². The van der Waals surface area contributed by atoms with Crippen molar-refractivity contribution < 1.29 is 19.4 Å². The van der Waals surface area contributed by atoms with Crippen LogP contribution in [0, 0.1) is 0 Å². The van der Waals surface area contributed by atoms with Crippen LogP contribution in [0.25, 0.3) is 0 Å². The highest BCUT2D eigenvalue weighted by Crippen LogP contribution is 2.33. The van der Waals surface area contributed by atoms with Gasteiger partial charge >= 0.3 is 5.97 Å². The maximum absolute atomic E-state index is 11.3. The van der Waals surface area contributed by atoms with Gasteiger partial charge in [0.25, 0.3) is 0 Å². The zero-order valence-electron chi connectivity index (χ0n) is 10.1. The van der Waals surface area contributed by atoms with Gasteiger partial charge in [-0.1, -0.05) is 0 Å². The van der Waals surface area contributed by atoms with Crippen LogP contribution in [0.1, 0.15) is 29.6 Å². The summed E-state index contributed by atoms with van der Waals surface area (Å²) >= 11 is 3.34. The van der Waals surface area contributed by atoms with Gasteiger partial charge in [-0.25, -0.2) is 4.79 Å². The van der Waals surface area contributed by atoms with Gasteiger partial charge in [0, 0.05) is 0 Å². The van der Waals surface area contributed by atoms with Gasteiger partial charge in [0.1, 0.15) is 12.4 Å². The van der Waals surface area contributed by atoms with Crippen molar-refractivity contribution in [3.63, 3.8) is 0 Å². The normalized spacial score (nSPS) is 16.8. The molecule has 0 unspecified atom stereocenters. The van der Waals surface area contributed by atoms with Gasteiger partial charge in [-0.2, -0.15) is 0 Å². The molecule has 0 aromatic heterocycles. The number of benzene rings is 1. The van der Waals surface area contributed by atoms with Crippen molar-refractivity contribution in [1.29, 1.82) is 0 Å². The molecule has 1 fully saturated rings. The lowest BCUT2D eigenvalue weighted by atomic mass is 9.81. The minimum absolute atomic E-state index is 0.281. The Morgan fingerprint density at radius 1 is 1.50 bits per heavy atom. The van der Waals surface area contributed by atoms with E-state index in [9.17, 15) is 9.90 Å². The molecule has 0 saturated heterocycles. The summed E-state index contributed by atoms with van der Waals surface area (Å²) in [6.45, 7) is 0.281. The predicted octanol–water partition coefficient (Wildman–Crippen LogP) is 2.53. The number of hydrogen-bond acceptors (Lipinski definition) is 4. The quantitative estimate of drug-likeness (QED) is 0.868. The SMILES string of the molecule is COC(=O)c1ccc(OCC2(O)CCC2)c(Br)c1. The van der Waals surface area contributed by atoms with Crippen molar-refractivity contribution in [2.45, 2.75) is 24.9 Å². The highest BCUT2D eigenvalue weighted by molar-refractivity contribution is 9.10. The second-order valence-corrected chi connectivity index (χ2v) is 5.36. The van der Waals surface area contributed by atoms with Crippen LogP contribution in [0.2, 0.25) is 0 Å². The molecule has 4 nitrogen and oxygen atoms in total. The number of aliphatic hydroxyl groups is 1. The van der Waals surface area contributed by atoms with Crippen LogP contribution in [0.15, 0.2) is 22.7 Å². The zero-order chi connectivity index (χ0) is 13.2. The Hall–Kier alpha value is -1.07. The monoisotopic (exact) mass is 314 g/mol. The summed E-state index contributed by atoms with van der Waals surface area (Å²) in [5.41, 5.74) is -0.223. The van der Waals surface area contributed by atoms with Crippen molar-refractivity contribution in [1.82, 2.24) is 0 Å². The number of methoxy groups -OCH3 is 1. The van der Waals surface area contributed by atoms with Crippen molar-refractivity contribution in [2.24, 2.45) is 0 Å². The Morgan fingerprint density at radius 3 is 2.72 bits per heavy atom. The summed E-state index contributed by atoms with van der Waals surface area (Å²) in [6, 6.07) is 4.97. The number of esters is 1. The molecule has 0 radical (unpaired) electrons. The van der Waals surface area contributed by atoms with Gasteiger partial charge < -0.3 is 14.6 Å². The van der Waals surface area contributed by atoms with E-state index in [1.165, 1.54) is 7.11 Å². The molecule has 98 valence electrons. The van der Waals surface area contributed by atoms with Gasteiger partial charge in [-0.05, 0) is 53.4 Å². The number of hydrogen-bond donors (Lipinski definition) is 1. The van der Waals surface area contributed by atoms with E-state index in [0.717, 1.165) is 19.3 Å². The van der Waals surface area contributed by atoms with E-state index in [1.54, 1.807) is 18.2 Å². The largest absolute Gasteiger partial charge is 0.489 e. The van der Waals surface area contributed by atoms with Gasteiger partial charge in [-0.3, -0.25) is 0 Å². The van der Waals surface area contributed by atoms with Crippen molar-refractivity contribution >= 4 is 21.9 Å². The van der Waals surface area contributed by atoms with Gasteiger partial charge in [0.05, 0.1) is 22.7 Å². The summed E-state index contributed by atoms with van der Waals surface area (Å²) in [4.78, 5) is 11.3. The second-order valence-electron chi connectivity index (χ2n) is 4.50. The van der Waals surface area contributed by atoms with Gasteiger partial charge in [0.2, 0.25) is 0 Å². The Morgan fingerprint density at radius 2 is 2.22 bits per heavy atom. The Balaban J connectivity index is 2.03. The Bertz CT molecular complexity index is 454. The number of carbonyl (C=O) groups is 1. The summed E-state index contributed by atoms with van der Waals surface area (Å²) in [5, 5.41) is 9.93. The molecule has 1 saturated carbocycles. The van der Waals surface area contributed by atoms with Crippen LogP contribution in [-0.2, 0) is 4.74 Å². The summed E-state index contributed by atoms with van der Waals surface area (Å²) in [6.07, 6.45) is 2.61. The number of carbonyl (C=O) groups excluding carboxylic acids is 1. The van der Waals surface area contributed by atoms with Crippen LogP contribution in [0.5, 0.6) is 5.75 Å². The predicted molar refractivity (Wildman–Crippen MR) is 69.8 cm³/mol. The maximum atomic E-state index is 11.3. The number of ether oxygens (including phenoxy) is 2. The minimum Gasteiger partial charge on any atom is -0.489 e. The molecule has 1 aromatic rings. The molecule has 0 aliphatic heterocycles. The van der Waals surface area contributed by atoms with E-state index in [-0.39, 0.29) is 12.6 Å². The van der Waals surface area contributed by atoms with E-state index < -0.39 is 5.60 Å². The molecule has 0 heterocycles. The topological polar surface area (TPSA) is 55.8 Å². The minimum atomic E-state index is -0.680. The first-order chi connectivity index (χ1) is 8.54. The highest BCUT2D eigenvalue weighted by atomic mass is 79.9. The van der Waals surface area contributed by atoms with Crippen molar-refractivity contribution in [2.75, 3.05) is 13.7 Å². The zero-order valence-corrected chi connectivity index (χ0v) is 11.7. The third-order valence-electron chi connectivity index (χ3n) is 3.13. The van der Waals surface area contributed by atoms with Gasteiger partial charge in [-0.15, -0.1) is 0 Å². The highest BCUT2D eigenvalue weighted by Gasteiger charge is 2.35. The summed E-state index contributed by atoms with van der Waals surface area (Å²) in [7, 11) is 1.34. The molecule has 18 heavy (non-hydrogen) atoms. The lowest BCUT2D eigenvalue weighted by Crippen LogP contribution is -2.42. The van der Waals surface area contributed by atoms with E-state index in [2.05, 4.69) is 20.7 Å². The van der Waals surface area contributed by atoms with E-state index in [4.69, 9.17) is 4.74 Å². The summed E-state index contributed by atoms with van der Waals surface area (Å²) < 4.78 is 10.9. The molecule has 1 aromatic carbocycles. The molecular weight excluding hydrogens is 300 g/mol. The second kappa shape index (κ2) is 5.28. The Kier molecular flexibility index (Phi) is 3.92. The fourth-order valence-corrected chi connectivity index (χ4v) is 2.30. The standard InChI is InChI=1S/C13H15BrO4/c1-17-12(15)9-3-4-11(10(14)7-9)18-8-13(16)5-2-6-13/h3-4,7,16H,2,5-6,8H2,1H3. The molecule has 1 aliphatic carbocycles. The van der Waals surface area contributed by atoms with Crippen LogP contribution in [0.4, 0.5) is 0 Å². The third kappa shape index (κ3) is 2.84. The van der Waals surface area contributed by atoms with Crippen molar-refractivity contribution in [3.8, 4) is 5.75 Å². The first-order valence-corrected chi connectivity index (χ1v) is 6.56. The van der Waals surface area contributed by atoms with Crippen molar-refractivity contribution in [3.05, 3.63) is 28.2 Å². The maximum Gasteiger partial charge on any atom is 0.337 e. The average Bonchev–Trinajstić information content (AvgIpc) is 2.34. The third-order valence-corrected chi connectivity index (χ3v) is 3.75. The molecular formula is C13H15BrO4. The molecule has 0 bridgehead atoms. The van der Waals surface area contributed by atoms with Crippen LogP contribution in [-0.4, -0.2) is 30.4 Å². The Labute approximate surface area is 114 Å². The summed E-state index contributed by atoms with van der Waals surface area (Å²) in [5.74, 6) is 0.225. The molecule has 5 heteroatoms. The first-order valence-electron chi connectivity index (χ1n) is 5.77.